The molecule has 0 spiro atoms. The number of esters is 1. The van der Waals surface area contributed by atoms with Gasteiger partial charge in [0, 0.05) is 12.0 Å². The van der Waals surface area contributed by atoms with Crippen LogP contribution in [0.1, 0.15) is 33.6 Å². The smallest absolute Gasteiger partial charge is 0.414 e. The van der Waals surface area contributed by atoms with Gasteiger partial charge in [0.1, 0.15) is 12.0 Å². The molecule has 0 fully saturated rings. The molecule has 1 atom stereocenters. The van der Waals surface area contributed by atoms with Gasteiger partial charge in [0.15, 0.2) is 0 Å². The lowest BCUT2D eigenvalue weighted by Gasteiger charge is -2.11. The lowest BCUT2D eigenvalue weighted by atomic mass is 10.2. The van der Waals surface area contributed by atoms with Gasteiger partial charge in [-0.05, 0) is 20.3 Å². The second kappa shape index (κ2) is 10.3. The Labute approximate surface area is 123 Å². The van der Waals surface area contributed by atoms with Crippen LogP contribution in [-0.2, 0) is 19.1 Å². The largest absolute Gasteiger partial charge is 0.462 e. The van der Waals surface area contributed by atoms with Crippen LogP contribution in [0.25, 0.3) is 0 Å². The molecule has 0 aliphatic rings. The van der Waals surface area contributed by atoms with Crippen molar-refractivity contribution >= 4 is 29.6 Å². The minimum atomic E-state index is -0.859. The fourth-order valence-electron chi connectivity index (χ4n) is 1.14. The third kappa shape index (κ3) is 8.53. The van der Waals surface area contributed by atoms with Crippen molar-refractivity contribution in [1.29, 1.82) is 0 Å². The summed E-state index contributed by atoms with van der Waals surface area (Å²) in [4.78, 5) is 33.5. The van der Waals surface area contributed by atoms with Crippen LogP contribution in [0, 0.1) is 0 Å². The second-order valence-electron chi connectivity index (χ2n) is 4.16. The van der Waals surface area contributed by atoms with Crippen molar-refractivity contribution in [2.75, 3.05) is 12.5 Å². The summed E-state index contributed by atoms with van der Waals surface area (Å²) in [7, 11) is 0. The van der Waals surface area contributed by atoms with Crippen LogP contribution in [-0.4, -0.2) is 36.6 Å². The Bertz CT molecular complexity index is 381. The van der Waals surface area contributed by atoms with Gasteiger partial charge in [0.25, 0.3) is 0 Å². The molecule has 1 N–H and O–H groups in total. The Morgan fingerprint density at radius 3 is 2.55 bits per heavy atom. The van der Waals surface area contributed by atoms with Crippen LogP contribution < -0.4 is 5.32 Å². The summed E-state index contributed by atoms with van der Waals surface area (Å²) in [6.07, 6.45) is 1.39. The Balaban J connectivity index is 4.13. The molecule has 7 heteroatoms. The lowest BCUT2D eigenvalue weighted by molar-refractivity contribution is -0.139. The van der Waals surface area contributed by atoms with Crippen LogP contribution >= 0.6 is 11.6 Å². The standard InChI is InChI=1S/C13H20ClNO5/c1-4-7-19-12(17)9(2)5-6-10(3)20-13(18)15-11(16)8-14/h5,10H,4,6-8H2,1-3H3,(H,15,16,18). The molecule has 0 saturated carbocycles. The number of carbonyl (C=O) groups is 3. The predicted octanol–water partition coefficient (Wildman–Crippen LogP) is 2.16. The Morgan fingerprint density at radius 2 is 2.00 bits per heavy atom. The first-order valence-corrected chi connectivity index (χ1v) is 6.84. The van der Waals surface area contributed by atoms with Crippen molar-refractivity contribution < 1.29 is 23.9 Å². The van der Waals surface area contributed by atoms with Crippen molar-refractivity contribution in [1.82, 2.24) is 5.32 Å². The number of halogens is 1. The molecule has 0 saturated heterocycles. The van der Waals surface area contributed by atoms with E-state index in [4.69, 9.17) is 21.1 Å². The van der Waals surface area contributed by atoms with Crippen LogP contribution in [0.5, 0.6) is 0 Å². The van der Waals surface area contributed by atoms with E-state index < -0.39 is 18.1 Å². The maximum absolute atomic E-state index is 11.5. The zero-order valence-corrected chi connectivity index (χ0v) is 12.7. The summed E-state index contributed by atoms with van der Waals surface area (Å²) in [5.74, 6) is -1.33. The SMILES string of the molecule is CCCOC(=O)C(C)=CCC(C)OC(=O)NC(=O)CCl. The van der Waals surface area contributed by atoms with Gasteiger partial charge in [-0.25, -0.2) is 9.59 Å². The Hall–Kier alpha value is -1.56. The number of imide groups is 1. The number of alkyl carbamates (subject to hydrolysis) is 1. The average Bonchev–Trinajstić information content (AvgIpc) is 2.41. The normalized spacial score (nSPS) is 12.5. The molecule has 0 aromatic heterocycles. The minimum Gasteiger partial charge on any atom is -0.462 e. The molecule has 6 nitrogen and oxygen atoms in total. The van der Waals surface area contributed by atoms with Crippen LogP contribution in [0.2, 0.25) is 0 Å². The maximum atomic E-state index is 11.5. The van der Waals surface area contributed by atoms with E-state index in [2.05, 4.69) is 0 Å². The number of rotatable bonds is 7. The molecule has 20 heavy (non-hydrogen) atoms. The molecule has 0 bridgehead atoms. The summed E-state index contributed by atoms with van der Waals surface area (Å²) in [5.41, 5.74) is 0.450. The molecule has 0 radical (unpaired) electrons. The molecule has 0 aromatic rings. The number of amides is 2. The molecule has 114 valence electrons. The monoisotopic (exact) mass is 305 g/mol. The van der Waals surface area contributed by atoms with E-state index in [0.29, 0.717) is 18.6 Å². The summed E-state index contributed by atoms with van der Waals surface area (Å²) in [6, 6.07) is 0. The molecule has 1 unspecified atom stereocenters. The van der Waals surface area contributed by atoms with E-state index in [1.54, 1.807) is 19.9 Å². The van der Waals surface area contributed by atoms with Gasteiger partial charge in [-0.1, -0.05) is 13.0 Å². The molecule has 0 aliphatic heterocycles. The fourth-order valence-corrected chi connectivity index (χ4v) is 1.21. The van der Waals surface area contributed by atoms with Gasteiger partial charge < -0.3 is 9.47 Å². The topological polar surface area (TPSA) is 81.7 Å². The van der Waals surface area contributed by atoms with Crippen molar-refractivity contribution in [3.05, 3.63) is 11.6 Å². The molecule has 0 heterocycles. The van der Waals surface area contributed by atoms with E-state index in [-0.39, 0.29) is 11.8 Å². The van der Waals surface area contributed by atoms with Crippen LogP contribution in [0.4, 0.5) is 4.79 Å². The summed E-state index contributed by atoms with van der Waals surface area (Å²) in [5, 5.41) is 1.95. The highest BCUT2D eigenvalue weighted by Gasteiger charge is 2.12. The van der Waals surface area contributed by atoms with E-state index in [1.165, 1.54) is 0 Å². The Morgan fingerprint density at radius 1 is 1.35 bits per heavy atom. The quantitative estimate of drug-likeness (QED) is 0.443. The van der Waals surface area contributed by atoms with Crippen molar-refractivity contribution in [2.45, 2.75) is 39.7 Å². The summed E-state index contributed by atoms with van der Waals surface area (Å²) >= 11 is 5.23. The van der Waals surface area contributed by atoms with Gasteiger partial charge >= 0.3 is 12.1 Å². The molecular weight excluding hydrogens is 286 g/mol. The van der Waals surface area contributed by atoms with Gasteiger partial charge in [-0.3, -0.25) is 10.1 Å². The van der Waals surface area contributed by atoms with E-state index in [9.17, 15) is 14.4 Å². The summed E-state index contributed by atoms with van der Waals surface area (Å²) in [6.45, 7) is 5.55. The van der Waals surface area contributed by atoms with Gasteiger partial charge in [0.2, 0.25) is 5.91 Å². The fraction of sp³-hybridized carbons (Fsp3) is 0.615. The molecule has 0 aliphatic carbocycles. The highest BCUT2D eigenvalue weighted by Crippen LogP contribution is 2.05. The number of nitrogens with one attached hydrogen (secondary N) is 1. The zero-order chi connectivity index (χ0) is 15.5. The maximum Gasteiger partial charge on any atom is 0.414 e. The van der Waals surface area contributed by atoms with Crippen molar-refractivity contribution in [3.63, 3.8) is 0 Å². The van der Waals surface area contributed by atoms with Crippen molar-refractivity contribution in [2.24, 2.45) is 0 Å². The summed E-state index contributed by atoms with van der Waals surface area (Å²) < 4.78 is 9.85. The second-order valence-corrected chi connectivity index (χ2v) is 4.42. The lowest BCUT2D eigenvalue weighted by Crippen LogP contribution is -2.33. The van der Waals surface area contributed by atoms with E-state index >= 15 is 0 Å². The predicted molar refractivity (Wildman–Crippen MR) is 74.4 cm³/mol. The first-order chi connectivity index (χ1) is 9.40. The average molecular weight is 306 g/mol. The number of ether oxygens (including phenoxy) is 2. The molecular formula is C13H20ClNO5. The zero-order valence-electron chi connectivity index (χ0n) is 11.9. The van der Waals surface area contributed by atoms with Crippen LogP contribution in [0.3, 0.4) is 0 Å². The molecule has 0 rings (SSSR count). The van der Waals surface area contributed by atoms with Gasteiger partial charge in [0.05, 0.1) is 6.61 Å². The molecule has 2 amide bonds. The third-order valence-corrected chi connectivity index (χ3v) is 2.43. The number of carbonyl (C=O) groups excluding carboxylic acids is 3. The van der Waals surface area contributed by atoms with E-state index in [1.807, 2.05) is 12.2 Å². The first kappa shape index (κ1) is 18.4. The van der Waals surface area contributed by atoms with Crippen molar-refractivity contribution in [3.8, 4) is 0 Å². The Kier molecular flexibility index (Phi) is 9.45. The minimum absolute atomic E-state index is 0.314. The number of alkyl halides is 1. The van der Waals surface area contributed by atoms with Gasteiger partial charge in [-0.2, -0.15) is 0 Å². The van der Waals surface area contributed by atoms with E-state index in [0.717, 1.165) is 6.42 Å². The highest BCUT2D eigenvalue weighted by molar-refractivity contribution is 6.28. The first-order valence-electron chi connectivity index (χ1n) is 6.31. The highest BCUT2D eigenvalue weighted by atomic mass is 35.5. The van der Waals surface area contributed by atoms with Gasteiger partial charge in [-0.15, -0.1) is 11.6 Å². The third-order valence-electron chi connectivity index (χ3n) is 2.19. The number of hydrogen-bond acceptors (Lipinski definition) is 5. The number of hydrogen-bond donors (Lipinski definition) is 1. The molecule has 0 aromatic carbocycles. The van der Waals surface area contributed by atoms with Crippen LogP contribution in [0.15, 0.2) is 11.6 Å².